The van der Waals surface area contributed by atoms with Crippen LogP contribution in [-0.4, -0.2) is 15.0 Å². The van der Waals surface area contributed by atoms with Crippen LogP contribution in [0.25, 0.3) is 87.0 Å². The summed E-state index contributed by atoms with van der Waals surface area (Å²) in [5.74, 6) is 0.688. The quantitative estimate of drug-likeness (QED) is 0.191. The summed E-state index contributed by atoms with van der Waals surface area (Å²) in [5.41, 5.74) is 7.85. The second kappa shape index (κ2) is 10.5. The summed E-state index contributed by atoms with van der Waals surface area (Å²) >= 11 is 1.85. The molecule has 0 radical (unpaired) electrons. The Hall–Kier alpha value is -5.71. The molecule has 0 aliphatic heterocycles. The average molecular weight is 592 g/mol. The van der Waals surface area contributed by atoms with E-state index in [9.17, 15) is 0 Å². The number of hydrogen-bond acceptors (Lipinski definition) is 4. The minimum Gasteiger partial charge on any atom is -0.247 e. The molecular weight excluding hydrogens is 567 g/mol. The number of nitrogens with zero attached hydrogens (tertiary/aromatic N) is 3. The Bertz CT molecular complexity index is 2480. The molecule has 0 bridgehead atoms. The zero-order chi connectivity index (χ0) is 29.7. The lowest BCUT2D eigenvalue weighted by Gasteiger charge is -2.13. The number of rotatable bonds is 4. The summed E-state index contributed by atoms with van der Waals surface area (Å²) in [6, 6.07) is 52.9. The average Bonchev–Trinajstić information content (AvgIpc) is 3.51. The number of aromatic nitrogens is 3. The molecule has 4 heteroatoms. The highest BCUT2D eigenvalue weighted by atomic mass is 32.1. The molecule has 210 valence electrons. The highest BCUT2D eigenvalue weighted by Gasteiger charge is 2.17. The van der Waals surface area contributed by atoms with Gasteiger partial charge in [-0.25, -0.2) is 15.0 Å². The van der Waals surface area contributed by atoms with E-state index in [0.29, 0.717) is 5.82 Å². The fraction of sp³-hybridized carbons (Fsp3) is 0. The first-order chi connectivity index (χ1) is 22.3. The van der Waals surface area contributed by atoms with Gasteiger partial charge >= 0.3 is 0 Å². The standard InChI is InChI=1S/C41H25N3S/c1-3-12-26(13-4-1)34-25-35(27-14-5-2-6-15-27)44-41(43-34)29-17-11-16-28(24-29)40-32-22-23-37-39(31-19-8-10-21-36(31)45-37)38(32)30-18-7-9-20-33(30)42-40/h1-25H. The second-order valence-electron chi connectivity index (χ2n) is 11.2. The molecule has 0 N–H and O–H groups in total. The predicted octanol–water partition coefficient (Wildman–Crippen LogP) is 11.2. The Morgan fingerprint density at radius 3 is 1.76 bits per heavy atom. The third-order valence-electron chi connectivity index (χ3n) is 8.46. The molecule has 9 aromatic rings. The summed E-state index contributed by atoms with van der Waals surface area (Å²) in [6.45, 7) is 0. The van der Waals surface area contributed by atoms with Gasteiger partial charge in [-0.2, -0.15) is 0 Å². The maximum absolute atomic E-state index is 5.27. The van der Waals surface area contributed by atoms with Crippen LogP contribution in [0.2, 0.25) is 0 Å². The van der Waals surface area contributed by atoms with E-state index in [1.54, 1.807) is 0 Å². The van der Waals surface area contributed by atoms with Crippen LogP contribution >= 0.6 is 11.3 Å². The molecule has 3 nitrogen and oxygen atoms in total. The smallest absolute Gasteiger partial charge is 0.160 e. The van der Waals surface area contributed by atoms with Gasteiger partial charge in [-0.05, 0) is 30.3 Å². The lowest BCUT2D eigenvalue weighted by molar-refractivity contribution is 1.18. The highest BCUT2D eigenvalue weighted by Crippen LogP contribution is 2.43. The van der Waals surface area contributed by atoms with E-state index in [1.165, 1.54) is 30.9 Å². The summed E-state index contributed by atoms with van der Waals surface area (Å²) in [4.78, 5) is 15.4. The van der Waals surface area contributed by atoms with E-state index < -0.39 is 0 Å². The molecule has 0 unspecified atom stereocenters. The maximum Gasteiger partial charge on any atom is 0.160 e. The molecule has 3 heterocycles. The number of hydrogen-bond donors (Lipinski definition) is 0. The van der Waals surface area contributed by atoms with E-state index >= 15 is 0 Å². The normalized spacial score (nSPS) is 11.6. The Labute approximate surface area is 264 Å². The summed E-state index contributed by atoms with van der Waals surface area (Å²) in [7, 11) is 0. The van der Waals surface area contributed by atoms with Gasteiger partial charge in [-0.3, -0.25) is 0 Å². The van der Waals surface area contributed by atoms with Gasteiger partial charge in [0.15, 0.2) is 5.82 Å². The van der Waals surface area contributed by atoms with Gasteiger partial charge in [-0.1, -0.05) is 121 Å². The molecule has 0 saturated carbocycles. The fourth-order valence-electron chi connectivity index (χ4n) is 6.37. The summed E-state index contributed by atoms with van der Waals surface area (Å²) in [5, 5.41) is 6.16. The van der Waals surface area contributed by atoms with Crippen LogP contribution in [0.3, 0.4) is 0 Å². The molecular formula is C41H25N3S. The van der Waals surface area contributed by atoms with Crippen molar-refractivity contribution in [3.63, 3.8) is 0 Å². The first-order valence-corrected chi connectivity index (χ1v) is 15.9. The monoisotopic (exact) mass is 591 g/mol. The van der Waals surface area contributed by atoms with Crippen molar-refractivity contribution in [3.8, 4) is 45.2 Å². The Kier molecular flexibility index (Phi) is 6.00. The molecule has 0 aliphatic carbocycles. The van der Waals surface area contributed by atoms with Gasteiger partial charge in [0, 0.05) is 58.6 Å². The number of benzene rings is 6. The van der Waals surface area contributed by atoms with Crippen LogP contribution < -0.4 is 0 Å². The summed E-state index contributed by atoms with van der Waals surface area (Å²) in [6.07, 6.45) is 0. The molecule has 0 saturated heterocycles. The number of fused-ring (bicyclic) bond motifs is 7. The van der Waals surface area contributed by atoms with Crippen molar-refractivity contribution in [2.45, 2.75) is 0 Å². The lowest BCUT2D eigenvalue weighted by Crippen LogP contribution is -1.96. The van der Waals surface area contributed by atoms with E-state index in [0.717, 1.165) is 50.2 Å². The third kappa shape index (κ3) is 4.38. The van der Waals surface area contributed by atoms with Crippen molar-refractivity contribution in [2.75, 3.05) is 0 Å². The van der Waals surface area contributed by atoms with Crippen molar-refractivity contribution in [1.29, 1.82) is 0 Å². The largest absolute Gasteiger partial charge is 0.247 e. The molecule has 3 aromatic heterocycles. The van der Waals surface area contributed by atoms with Crippen LogP contribution in [0.4, 0.5) is 0 Å². The van der Waals surface area contributed by atoms with Crippen LogP contribution in [0, 0.1) is 0 Å². The fourth-order valence-corrected chi connectivity index (χ4v) is 7.49. The molecule has 6 aromatic carbocycles. The zero-order valence-corrected chi connectivity index (χ0v) is 25.0. The van der Waals surface area contributed by atoms with Gasteiger partial charge in [0.1, 0.15) is 0 Å². The molecule has 0 amide bonds. The zero-order valence-electron chi connectivity index (χ0n) is 24.2. The maximum atomic E-state index is 5.27. The van der Waals surface area contributed by atoms with Gasteiger partial charge in [-0.15, -0.1) is 11.3 Å². The highest BCUT2D eigenvalue weighted by molar-refractivity contribution is 7.26. The molecule has 0 aliphatic rings. The first-order valence-electron chi connectivity index (χ1n) is 15.0. The van der Waals surface area contributed by atoms with E-state index in [4.69, 9.17) is 15.0 Å². The second-order valence-corrected chi connectivity index (χ2v) is 12.3. The van der Waals surface area contributed by atoms with Gasteiger partial charge in [0.2, 0.25) is 0 Å². The summed E-state index contributed by atoms with van der Waals surface area (Å²) < 4.78 is 2.59. The minimum atomic E-state index is 0.688. The SMILES string of the molecule is c1ccc(-c2cc(-c3ccccc3)nc(-c3cccc(-c4nc5ccccc5c5c4ccc4sc6ccccc6c45)c3)n2)cc1. The number of thiophene rings is 1. The van der Waals surface area contributed by atoms with Crippen molar-refractivity contribution < 1.29 is 0 Å². The van der Waals surface area contributed by atoms with Crippen molar-refractivity contribution in [3.05, 3.63) is 152 Å². The van der Waals surface area contributed by atoms with Crippen LogP contribution in [-0.2, 0) is 0 Å². The lowest BCUT2D eigenvalue weighted by atomic mass is 9.95. The minimum absolute atomic E-state index is 0.688. The molecule has 45 heavy (non-hydrogen) atoms. The molecule has 0 atom stereocenters. The van der Waals surface area contributed by atoms with Crippen molar-refractivity contribution in [2.24, 2.45) is 0 Å². The van der Waals surface area contributed by atoms with Crippen LogP contribution in [0.5, 0.6) is 0 Å². The number of pyridine rings is 1. The van der Waals surface area contributed by atoms with Gasteiger partial charge in [0.05, 0.1) is 22.6 Å². The van der Waals surface area contributed by atoms with Crippen LogP contribution in [0.1, 0.15) is 0 Å². The van der Waals surface area contributed by atoms with E-state index in [1.807, 2.05) is 47.7 Å². The molecule has 9 rings (SSSR count). The Balaban J connectivity index is 1.28. The predicted molar refractivity (Wildman–Crippen MR) is 189 cm³/mol. The van der Waals surface area contributed by atoms with Gasteiger partial charge in [0.25, 0.3) is 0 Å². The van der Waals surface area contributed by atoms with Crippen molar-refractivity contribution >= 4 is 53.2 Å². The third-order valence-corrected chi connectivity index (χ3v) is 9.60. The van der Waals surface area contributed by atoms with Gasteiger partial charge < -0.3 is 0 Å². The number of para-hydroxylation sites is 1. The van der Waals surface area contributed by atoms with E-state index in [2.05, 4.69) is 115 Å². The molecule has 0 spiro atoms. The Morgan fingerprint density at radius 1 is 0.378 bits per heavy atom. The Morgan fingerprint density at radius 2 is 1.00 bits per heavy atom. The van der Waals surface area contributed by atoms with Crippen molar-refractivity contribution in [1.82, 2.24) is 15.0 Å². The molecule has 0 fully saturated rings. The van der Waals surface area contributed by atoms with E-state index in [-0.39, 0.29) is 0 Å². The topological polar surface area (TPSA) is 38.7 Å². The first kappa shape index (κ1) is 25.8. The van der Waals surface area contributed by atoms with Crippen LogP contribution in [0.15, 0.2) is 152 Å².